The predicted octanol–water partition coefficient (Wildman–Crippen LogP) is 7.75. The van der Waals surface area contributed by atoms with E-state index in [1.54, 1.807) is 29.2 Å². The molecule has 7 heteroatoms. The van der Waals surface area contributed by atoms with Gasteiger partial charge in [0, 0.05) is 16.0 Å². The van der Waals surface area contributed by atoms with Gasteiger partial charge in [-0.05, 0) is 59.7 Å². The summed E-state index contributed by atoms with van der Waals surface area (Å²) in [6, 6.07) is 28.7. The maximum Gasteiger partial charge on any atom is 0.291 e. The third-order valence-corrected chi connectivity index (χ3v) is 7.24. The van der Waals surface area contributed by atoms with Crippen LogP contribution >= 0.6 is 27.5 Å². The summed E-state index contributed by atoms with van der Waals surface area (Å²) >= 11 is 9.89. The van der Waals surface area contributed by atoms with Crippen LogP contribution in [0.15, 0.2) is 111 Å². The molecule has 1 atom stereocenters. The predicted molar refractivity (Wildman–Crippen MR) is 146 cm³/mol. The van der Waals surface area contributed by atoms with E-state index in [-0.39, 0.29) is 23.6 Å². The number of carbonyl (C=O) groups is 1. The molecule has 1 aliphatic heterocycles. The highest BCUT2D eigenvalue weighted by Crippen LogP contribution is 2.41. The first kappa shape index (κ1) is 23.5. The Balaban J connectivity index is 1.52. The third kappa shape index (κ3) is 4.32. The Morgan fingerprint density at radius 2 is 1.62 bits per heavy atom. The van der Waals surface area contributed by atoms with Crippen molar-refractivity contribution >= 4 is 44.4 Å². The Labute approximate surface area is 226 Å². The van der Waals surface area contributed by atoms with E-state index in [4.69, 9.17) is 20.8 Å². The lowest BCUT2D eigenvalue weighted by Crippen LogP contribution is -2.29. The van der Waals surface area contributed by atoms with Crippen LogP contribution in [-0.4, -0.2) is 10.8 Å². The number of halogens is 2. The van der Waals surface area contributed by atoms with Gasteiger partial charge in [-0.2, -0.15) is 0 Å². The molecule has 182 valence electrons. The molecular weight excluding hydrogens is 554 g/mol. The van der Waals surface area contributed by atoms with Gasteiger partial charge in [0.1, 0.15) is 17.1 Å². The Bertz CT molecular complexity index is 1720. The molecule has 1 unspecified atom stereocenters. The number of hydrogen-bond donors (Lipinski definition) is 0. The van der Waals surface area contributed by atoms with Crippen LogP contribution in [0.1, 0.15) is 33.3 Å². The summed E-state index contributed by atoms with van der Waals surface area (Å²) in [4.78, 5) is 29.2. The zero-order valence-electron chi connectivity index (χ0n) is 19.4. The monoisotopic (exact) mass is 571 g/mol. The molecule has 0 aliphatic carbocycles. The van der Waals surface area contributed by atoms with Crippen molar-refractivity contribution < 1.29 is 13.9 Å². The van der Waals surface area contributed by atoms with E-state index in [0.717, 1.165) is 15.6 Å². The van der Waals surface area contributed by atoms with Gasteiger partial charge in [0.15, 0.2) is 5.43 Å². The molecule has 0 N–H and O–H groups in total. The van der Waals surface area contributed by atoms with Crippen LogP contribution in [0.3, 0.4) is 0 Å². The Hall–Kier alpha value is -3.87. The zero-order valence-corrected chi connectivity index (χ0v) is 21.7. The van der Waals surface area contributed by atoms with Crippen LogP contribution in [0.5, 0.6) is 11.5 Å². The lowest BCUT2D eigenvalue weighted by molar-refractivity contribution is 0.0714. The maximum absolute atomic E-state index is 13.8. The number of amides is 1. The van der Waals surface area contributed by atoms with Crippen LogP contribution in [0.25, 0.3) is 11.0 Å². The van der Waals surface area contributed by atoms with E-state index < -0.39 is 6.04 Å². The molecule has 0 bridgehead atoms. The summed E-state index contributed by atoms with van der Waals surface area (Å²) < 4.78 is 12.9. The summed E-state index contributed by atoms with van der Waals surface area (Å²) in [5.74, 6) is 0.962. The summed E-state index contributed by atoms with van der Waals surface area (Å²) in [6.07, 6.45) is 0. The molecular formula is C30H19BrClNO4. The standard InChI is InChI=1S/C30H19BrClNO4/c31-20-13-14-25-23(16-20)28(34)26-27(18-8-6-11-22(15-18)36-21-9-2-1-3-10-21)33(30(35)29(26)37-25)17-19-7-4-5-12-24(19)32/h1-16,27H,17H2. The number of nitrogens with zero attached hydrogens (tertiary/aromatic N) is 1. The summed E-state index contributed by atoms with van der Waals surface area (Å²) in [6.45, 7) is 0.205. The summed E-state index contributed by atoms with van der Waals surface area (Å²) in [5, 5.41) is 0.946. The highest BCUT2D eigenvalue weighted by Gasteiger charge is 2.43. The van der Waals surface area contributed by atoms with E-state index in [9.17, 15) is 9.59 Å². The SMILES string of the molecule is O=C1c2oc3ccc(Br)cc3c(=O)c2C(c2cccc(Oc3ccccc3)c2)N1Cc1ccccc1Cl. The maximum atomic E-state index is 13.8. The van der Waals surface area contributed by atoms with E-state index in [1.807, 2.05) is 72.8 Å². The highest BCUT2D eigenvalue weighted by atomic mass is 79.9. The molecule has 1 aliphatic rings. The smallest absolute Gasteiger partial charge is 0.291 e. The van der Waals surface area contributed by atoms with Crippen molar-refractivity contribution in [3.63, 3.8) is 0 Å². The van der Waals surface area contributed by atoms with Crippen molar-refractivity contribution in [3.05, 3.63) is 139 Å². The van der Waals surface area contributed by atoms with Gasteiger partial charge in [-0.25, -0.2) is 0 Å². The van der Waals surface area contributed by atoms with Gasteiger partial charge in [-0.15, -0.1) is 0 Å². The van der Waals surface area contributed by atoms with E-state index in [2.05, 4.69) is 15.9 Å². The lowest BCUT2D eigenvalue weighted by atomic mass is 9.98. The van der Waals surface area contributed by atoms with Crippen LogP contribution in [0, 0.1) is 0 Å². The van der Waals surface area contributed by atoms with Crippen LogP contribution in [0.2, 0.25) is 5.02 Å². The molecule has 5 nitrogen and oxygen atoms in total. The fourth-order valence-corrected chi connectivity index (χ4v) is 5.24. The van der Waals surface area contributed by atoms with Crippen molar-refractivity contribution in [1.29, 1.82) is 0 Å². The van der Waals surface area contributed by atoms with Gasteiger partial charge < -0.3 is 14.1 Å². The van der Waals surface area contributed by atoms with Gasteiger partial charge in [0.2, 0.25) is 5.76 Å². The number of fused-ring (bicyclic) bond motifs is 2. The second-order valence-electron chi connectivity index (χ2n) is 8.73. The average Bonchev–Trinajstić information content (AvgIpc) is 3.18. The van der Waals surface area contributed by atoms with Crippen LogP contribution in [0.4, 0.5) is 0 Å². The molecule has 0 fully saturated rings. The number of rotatable bonds is 5. The minimum atomic E-state index is -0.683. The lowest BCUT2D eigenvalue weighted by Gasteiger charge is -2.26. The fourth-order valence-electron chi connectivity index (χ4n) is 4.69. The van der Waals surface area contributed by atoms with Gasteiger partial charge in [-0.1, -0.05) is 76.1 Å². The molecule has 1 aromatic heterocycles. The quantitative estimate of drug-likeness (QED) is 0.216. The molecule has 5 aromatic rings. The van der Waals surface area contributed by atoms with Gasteiger partial charge in [-0.3, -0.25) is 9.59 Å². The topological polar surface area (TPSA) is 59.8 Å². The molecule has 1 amide bonds. The largest absolute Gasteiger partial charge is 0.457 e. The second-order valence-corrected chi connectivity index (χ2v) is 10.1. The zero-order chi connectivity index (χ0) is 25.5. The molecule has 37 heavy (non-hydrogen) atoms. The van der Waals surface area contributed by atoms with Crippen LogP contribution < -0.4 is 10.2 Å². The Kier molecular flexibility index (Phi) is 6.07. The number of hydrogen-bond acceptors (Lipinski definition) is 4. The minimum absolute atomic E-state index is 0.0475. The second kappa shape index (κ2) is 9.54. The van der Waals surface area contributed by atoms with Crippen molar-refractivity contribution in [2.45, 2.75) is 12.6 Å². The summed E-state index contributed by atoms with van der Waals surface area (Å²) in [5.41, 5.74) is 1.92. The normalized spacial score (nSPS) is 14.7. The molecule has 6 rings (SSSR count). The van der Waals surface area contributed by atoms with E-state index in [0.29, 0.717) is 33.1 Å². The van der Waals surface area contributed by atoms with Crippen molar-refractivity contribution in [1.82, 2.24) is 4.90 Å². The molecule has 2 heterocycles. The van der Waals surface area contributed by atoms with Crippen LogP contribution in [-0.2, 0) is 6.54 Å². The van der Waals surface area contributed by atoms with Gasteiger partial charge in [0.25, 0.3) is 5.91 Å². The number of para-hydroxylation sites is 1. The van der Waals surface area contributed by atoms with Crippen molar-refractivity contribution in [2.24, 2.45) is 0 Å². The number of benzene rings is 4. The van der Waals surface area contributed by atoms with Gasteiger partial charge in [0.05, 0.1) is 17.0 Å². The number of carbonyl (C=O) groups excluding carboxylic acids is 1. The molecule has 0 saturated carbocycles. The van der Waals surface area contributed by atoms with E-state index >= 15 is 0 Å². The number of ether oxygens (including phenoxy) is 1. The molecule has 0 radical (unpaired) electrons. The Morgan fingerprint density at radius 1 is 0.865 bits per heavy atom. The fraction of sp³-hybridized carbons (Fsp3) is 0.0667. The minimum Gasteiger partial charge on any atom is -0.457 e. The van der Waals surface area contributed by atoms with E-state index in [1.165, 1.54) is 0 Å². The first-order valence-corrected chi connectivity index (χ1v) is 12.8. The summed E-state index contributed by atoms with van der Waals surface area (Å²) in [7, 11) is 0. The first-order chi connectivity index (χ1) is 18.0. The van der Waals surface area contributed by atoms with Crippen molar-refractivity contribution in [2.75, 3.05) is 0 Å². The van der Waals surface area contributed by atoms with Gasteiger partial charge >= 0.3 is 0 Å². The molecule has 0 spiro atoms. The average molecular weight is 573 g/mol. The highest BCUT2D eigenvalue weighted by molar-refractivity contribution is 9.10. The van der Waals surface area contributed by atoms with Crippen molar-refractivity contribution in [3.8, 4) is 11.5 Å². The molecule has 0 saturated heterocycles. The Morgan fingerprint density at radius 3 is 2.43 bits per heavy atom. The third-order valence-electron chi connectivity index (χ3n) is 6.38. The first-order valence-electron chi connectivity index (χ1n) is 11.6. The molecule has 4 aromatic carbocycles.